The maximum Gasteiger partial charge on any atom is 0.336 e. The average molecular weight is 266 g/mol. The number of rotatable bonds is 2. The molecule has 1 aromatic heterocycles. The zero-order chi connectivity index (χ0) is 14.3. The first-order valence-corrected chi connectivity index (χ1v) is 6.32. The Kier molecular flexibility index (Phi) is 2.79. The van der Waals surface area contributed by atoms with Crippen LogP contribution in [0.5, 0.6) is 0 Å². The molecule has 0 aliphatic rings. The summed E-state index contributed by atoms with van der Waals surface area (Å²) >= 11 is 0. The van der Waals surface area contributed by atoms with E-state index in [4.69, 9.17) is 0 Å². The number of aromatic carboxylic acids is 1. The van der Waals surface area contributed by atoms with Crippen molar-refractivity contribution in [3.63, 3.8) is 0 Å². The zero-order valence-electron chi connectivity index (χ0n) is 11.3. The Morgan fingerprint density at radius 3 is 2.70 bits per heavy atom. The summed E-state index contributed by atoms with van der Waals surface area (Å²) in [4.78, 5) is 15.7. The predicted molar refractivity (Wildman–Crippen MR) is 77.8 cm³/mol. The van der Waals surface area contributed by atoms with Gasteiger partial charge >= 0.3 is 5.97 Å². The van der Waals surface area contributed by atoms with Gasteiger partial charge in [-0.2, -0.15) is 0 Å². The fraction of sp³-hybridized carbons (Fsp3) is 0.125. The van der Waals surface area contributed by atoms with E-state index in [-0.39, 0.29) is 0 Å². The van der Waals surface area contributed by atoms with E-state index >= 15 is 0 Å². The van der Waals surface area contributed by atoms with Crippen molar-refractivity contribution in [1.82, 2.24) is 9.55 Å². The molecule has 4 heteroatoms. The van der Waals surface area contributed by atoms with Crippen LogP contribution >= 0.6 is 0 Å². The number of aryl methyl sites for hydroxylation is 2. The molecule has 0 spiro atoms. The van der Waals surface area contributed by atoms with Crippen LogP contribution in [0.1, 0.15) is 15.9 Å². The second-order valence-corrected chi connectivity index (χ2v) is 4.84. The lowest BCUT2D eigenvalue weighted by molar-refractivity contribution is 0.0697. The third-order valence-electron chi connectivity index (χ3n) is 3.62. The number of carboxylic acid groups (broad SMARTS) is 1. The monoisotopic (exact) mass is 266 g/mol. The first-order chi connectivity index (χ1) is 9.59. The zero-order valence-corrected chi connectivity index (χ0v) is 11.3. The SMILES string of the molecule is Cc1c(C(=O)O)c(-c2cncn2C)cc2ccccc12. The summed E-state index contributed by atoms with van der Waals surface area (Å²) in [7, 11) is 1.86. The number of carboxylic acids is 1. The second kappa shape index (κ2) is 4.49. The Hall–Kier alpha value is -2.62. The molecule has 4 nitrogen and oxygen atoms in total. The smallest absolute Gasteiger partial charge is 0.336 e. The predicted octanol–water partition coefficient (Wildman–Crippen LogP) is 3.25. The minimum Gasteiger partial charge on any atom is -0.478 e. The molecular weight excluding hydrogens is 252 g/mol. The fourth-order valence-electron chi connectivity index (χ4n) is 2.62. The van der Waals surface area contributed by atoms with Gasteiger partial charge in [0.25, 0.3) is 0 Å². The first kappa shape index (κ1) is 12.4. The van der Waals surface area contributed by atoms with Crippen molar-refractivity contribution in [1.29, 1.82) is 0 Å². The molecule has 20 heavy (non-hydrogen) atoms. The second-order valence-electron chi connectivity index (χ2n) is 4.84. The molecule has 0 atom stereocenters. The Bertz CT molecular complexity index is 818. The van der Waals surface area contributed by atoms with E-state index in [9.17, 15) is 9.90 Å². The molecule has 0 aliphatic heterocycles. The van der Waals surface area contributed by atoms with E-state index in [1.165, 1.54) is 0 Å². The fourth-order valence-corrected chi connectivity index (χ4v) is 2.62. The third-order valence-corrected chi connectivity index (χ3v) is 3.62. The summed E-state index contributed by atoms with van der Waals surface area (Å²) < 4.78 is 1.83. The maximum atomic E-state index is 11.7. The Morgan fingerprint density at radius 1 is 1.30 bits per heavy atom. The molecule has 0 aliphatic carbocycles. The molecule has 0 saturated heterocycles. The first-order valence-electron chi connectivity index (χ1n) is 6.32. The summed E-state index contributed by atoms with van der Waals surface area (Å²) in [6.45, 7) is 1.85. The Morgan fingerprint density at radius 2 is 2.05 bits per heavy atom. The highest BCUT2D eigenvalue weighted by Crippen LogP contribution is 2.32. The van der Waals surface area contributed by atoms with Crippen LogP contribution in [0, 0.1) is 6.92 Å². The van der Waals surface area contributed by atoms with Crippen LogP contribution in [-0.4, -0.2) is 20.6 Å². The largest absolute Gasteiger partial charge is 0.478 e. The van der Waals surface area contributed by atoms with Gasteiger partial charge in [0.2, 0.25) is 0 Å². The van der Waals surface area contributed by atoms with E-state index in [1.807, 2.05) is 48.9 Å². The highest BCUT2D eigenvalue weighted by molar-refractivity contribution is 6.04. The Balaban J connectivity index is 2.44. The molecule has 3 aromatic rings. The normalized spacial score (nSPS) is 10.9. The summed E-state index contributed by atoms with van der Waals surface area (Å²) in [6, 6.07) is 9.74. The van der Waals surface area contributed by atoms with Crippen molar-refractivity contribution in [3.05, 3.63) is 54.0 Å². The molecule has 1 heterocycles. The Labute approximate surface area is 116 Å². The highest BCUT2D eigenvalue weighted by Gasteiger charge is 2.19. The highest BCUT2D eigenvalue weighted by atomic mass is 16.4. The van der Waals surface area contributed by atoms with Crippen molar-refractivity contribution in [2.75, 3.05) is 0 Å². The molecular formula is C16H14N2O2. The number of benzene rings is 2. The number of aromatic nitrogens is 2. The van der Waals surface area contributed by atoms with Crippen LogP contribution in [0.25, 0.3) is 22.0 Å². The van der Waals surface area contributed by atoms with Gasteiger partial charge in [-0.05, 0) is 29.3 Å². The number of hydrogen-bond donors (Lipinski definition) is 1. The van der Waals surface area contributed by atoms with Crippen molar-refractivity contribution >= 4 is 16.7 Å². The summed E-state index contributed by atoms with van der Waals surface area (Å²) in [5.74, 6) is -0.913. The number of nitrogens with zero attached hydrogens (tertiary/aromatic N) is 2. The van der Waals surface area contributed by atoms with Gasteiger partial charge < -0.3 is 9.67 Å². The lowest BCUT2D eigenvalue weighted by Gasteiger charge is -2.13. The molecule has 1 N–H and O–H groups in total. The third kappa shape index (κ3) is 1.77. The van der Waals surface area contributed by atoms with E-state index in [1.54, 1.807) is 12.5 Å². The number of fused-ring (bicyclic) bond motifs is 1. The minimum absolute atomic E-state index is 0.340. The van der Waals surface area contributed by atoms with Crippen molar-refractivity contribution in [2.24, 2.45) is 7.05 Å². The minimum atomic E-state index is -0.913. The van der Waals surface area contributed by atoms with Crippen LogP contribution in [0.3, 0.4) is 0 Å². The average Bonchev–Trinajstić information content (AvgIpc) is 2.84. The standard InChI is InChI=1S/C16H14N2O2/c1-10-12-6-4-3-5-11(12)7-13(15(10)16(19)20)14-8-17-9-18(14)2/h3-9H,1-2H3,(H,19,20). The molecule has 0 bridgehead atoms. The van der Waals surface area contributed by atoms with E-state index in [0.717, 1.165) is 22.0 Å². The molecule has 0 fully saturated rings. The van der Waals surface area contributed by atoms with Gasteiger partial charge in [0, 0.05) is 12.6 Å². The van der Waals surface area contributed by atoms with Gasteiger partial charge in [-0.3, -0.25) is 0 Å². The summed E-state index contributed by atoms with van der Waals surface area (Å²) in [5, 5.41) is 11.6. The van der Waals surface area contributed by atoms with Crippen molar-refractivity contribution < 1.29 is 9.90 Å². The van der Waals surface area contributed by atoms with Gasteiger partial charge in [-0.15, -0.1) is 0 Å². The van der Waals surface area contributed by atoms with E-state index in [0.29, 0.717) is 11.1 Å². The van der Waals surface area contributed by atoms with Crippen LogP contribution in [0.4, 0.5) is 0 Å². The van der Waals surface area contributed by atoms with Crippen LogP contribution in [0.15, 0.2) is 42.9 Å². The van der Waals surface area contributed by atoms with Crippen molar-refractivity contribution in [3.8, 4) is 11.3 Å². The molecule has 100 valence electrons. The summed E-state index contributed by atoms with van der Waals surface area (Å²) in [5.41, 5.74) is 2.63. The van der Waals surface area contributed by atoms with Gasteiger partial charge in [-0.1, -0.05) is 24.3 Å². The molecule has 0 amide bonds. The molecule has 2 aromatic carbocycles. The molecule has 0 unspecified atom stereocenters. The molecule has 0 radical (unpaired) electrons. The molecule has 0 saturated carbocycles. The number of imidazole rings is 1. The maximum absolute atomic E-state index is 11.7. The van der Waals surface area contributed by atoms with Gasteiger partial charge in [0.15, 0.2) is 0 Å². The number of hydrogen-bond acceptors (Lipinski definition) is 2. The van der Waals surface area contributed by atoms with Gasteiger partial charge in [0.05, 0.1) is 23.8 Å². The van der Waals surface area contributed by atoms with Crippen LogP contribution in [0.2, 0.25) is 0 Å². The lowest BCUT2D eigenvalue weighted by atomic mass is 9.93. The topological polar surface area (TPSA) is 55.1 Å². The quantitative estimate of drug-likeness (QED) is 0.774. The van der Waals surface area contributed by atoms with Gasteiger partial charge in [0.1, 0.15) is 0 Å². The summed E-state index contributed by atoms with van der Waals surface area (Å²) in [6.07, 6.45) is 3.36. The number of carbonyl (C=O) groups is 1. The van der Waals surface area contributed by atoms with E-state index < -0.39 is 5.97 Å². The van der Waals surface area contributed by atoms with E-state index in [2.05, 4.69) is 4.98 Å². The van der Waals surface area contributed by atoms with Gasteiger partial charge in [-0.25, -0.2) is 9.78 Å². The van der Waals surface area contributed by atoms with Crippen LogP contribution in [-0.2, 0) is 7.05 Å². The van der Waals surface area contributed by atoms with Crippen LogP contribution < -0.4 is 0 Å². The van der Waals surface area contributed by atoms with Crippen molar-refractivity contribution in [2.45, 2.75) is 6.92 Å². The molecule has 3 rings (SSSR count). The lowest BCUT2D eigenvalue weighted by Crippen LogP contribution is -2.05.